The first-order valence-electron chi connectivity index (χ1n) is 5.58. The molecule has 0 aliphatic rings. The third-order valence-corrected chi connectivity index (χ3v) is 2.38. The first-order chi connectivity index (χ1) is 8.49. The van der Waals surface area contributed by atoms with Crippen molar-refractivity contribution in [1.82, 2.24) is 5.32 Å². The molecule has 0 unspecified atom stereocenters. The van der Waals surface area contributed by atoms with Gasteiger partial charge < -0.3 is 21.9 Å². The van der Waals surface area contributed by atoms with Crippen molar-refractivity contribution in [2.75, 3.05) is 6.54 Å². The van der Waals surface area contributed by atoms with Crippen LogP contribution < -0.4 is 16.8 Å². The van der Waals surface area contributed by atoms with E-state index in [1.165, 1.54) is 0 Å². The summed E-state index contributed by atoms with van der Waals surface area (Å²) in [4.78, 5) is 22.0. The van der Waals surface area contributed by atoms with Crippen LogP contribution in [0, 0.1) is 0 Å². The van der Waals surface area contributed by atoms with E-state index in [1.54, 1.807) is 18.2 Å². The Morgan fingerprint density at radius 3 is 2.72 bits per heavy atom. The number of phenols is 1. The van der Waals surface area contributed by atoms with Gasteiger partial charge in [0.1, 0.15) is 5.75 Å². The van der Waals surface area contributed by atoms with Gasteiger partial charge >= 0.3 is 0 Å². The van der Waals surface area contributed by atoms with Gasteiger partial charge in [-0.25, -0.2) is 0 Å². The Labute approximate surface area is 105 Å². The maximum atomic E-state index is 11.4. The zero-order valence-corrected chi connectivity index (χ0v) is 9.93. The number of benzene rings is 1. The molecule has 98 valence electrons. The largest absolute Gasteiger partial charge is 0.508 e. The van der Waals surface area contributed by atoms with E-state index in [0.717, 1.165) is 5.56 Å². The Hall–Kier alpha value is -2.08. The van der Waals surface area contributed by atoms with Crippen molar-refractivity contribution in [3.8, 4) is 5.75 Å². The summed E-state index contributed by atoms with van der Waals surface area (Å²) in [5.74, 6) is -0.830. The maximum Gasteiger partial charge on any atom is 0.237 e. The molecular formula is C12H17N3O3. The van der Waals surface area contributed by atoms with Crippen molar-refractivity contribution in [2.24, 2.45) is 11.5 Å². The van der Waals surface area contributed by atoms with Crippen molar-refractivity contribution in [2.45, 2.75) is 18.9 Å². The van der Waals surface area contributed by atoms with Crippen molar-refractivity contribution in [3.05, 3.63) is 29.8 Å². The standard InChI is InChI=1S/C12H17N3O3/c13-10(7-11(14)17)12(18)15-5-4-8-2-1-3-9(16)6-8/h1-3,6,10,16H,4-5,7,13H2,(H2,14,17)(H,15,18)/t10-/m1/s1. The van der Waals surface area contributed by atoms with Gasteiger partial charge in [0.15, 0.2) is 0 Å². The normalized spacial score (nSPS) is 11.8. The molecule has 1 atom stereocenters. The van der Waals surface area contributed by atoms with E-state index in [0.29, 0.717) is 13.0 Å². The molecule has 1 aromatic rings. The Bertz CT molecular complexity index is 434. The van der Waals surface area contributed by atoms with Gasteiger partial charge in [0.05, 0.1) is 12.5 Å². The summed E-state index contributed by atoms with van der Waals surface area (Å²) in [6.07, 6.45) is 0.404. The second-order valence-corrected chi connectivity index (χ2v) is 3.99. The Morgan fingerprint density at radius 2 is 2.11 bits per heavy atom. The summed E-state index contributed by atoms with van der Waals surface area (Å²) in [5.41, 5.74) is 11.3. The molecule has 0 bridgehead atoms. The lowest BCUT2D eigenvalue weighted by Gasteiger charge is -2.10. The highest BCUT2D eigenvalue weighted by Crippen LogP contribution is 2.10. The van der Waals surface area contributed by atoms with Crippen LogP contribution in [0.2, 0.25) is 0 Å². The number of hydrogen-bond donors (Lipinski definition) is 4. The van der Waals surface area contributed by atoms with Crippen LogP contribution in [0.25, 0.3) is 0 Å². The zero-order valence-electron chi connectivity index (χ0n) is 9.93. The highest BCUT2D eigenvalue weighted by molar-refractivity contribution is 5.87. The molecule has 6 N–H and O–H groups in total. The summed E-state index contributed by atoms with van der Waals surface area (Å²) in [6, 6.07) is 5.85. The summed E-state index contributed by atoms with van der Waals surface area (Å²) >= 11 is 0. The van der Waals surface area contributed by atoms with Gasteiger partial charge in [-0.1, -0.05) is 12.1 Å². The molecule has 0 saturated heterocycles. The molecule has 18 heavy (non-hydrogen) atoms. The smallest absolute Gasteiger partial charge is 0.237 e. The highest BCUT2D eigenvalue weighted by Gasteiger charge is 2.14. The van der Waals surface area contributed by atoms with Crippen LogP contribution in [0.1, 0.15) is 12.0 Å². The minimum Gasteiger partial charge on any atom is -0.508 e. The van der Waals surface area contributed by atoms with E-state index in [-0.39, 0.29) is 12.2 Å². The average Bonchev–Trinajstić information content (AvgIpc) is 2.28. The van der Waals surface area contributed by atoms with Crippen molar-refractivity contribution in [3.63, 3.8) is 0 Å². The number of amides is 2. The van der Waals surface area contributed by atoms with Crippen molar-refractivity contribution >= 4 is 11.8 Å². The lowest BCUT2D eigenvalue weighted by atomic mass is 10.1. The van der Waals surface area contributed by atoms with Crippen LogP contribution in [0.5, 0.6) is 5.75 Å². The first-order valence-corrected chi connectivity index (χ1v) is 5.58. The monoisotopic (exact) mass is 251 g/mol. The van der Waals surface area contributed by atoms with Crippen LogP contribution in [0.15, 0.2) is 24.3 Å². The van der Waals surface area contributed by atoms with Gasteiger partial charge in [0.25, 0.3) is 0 Å². The molecule has 0 aromatic heterocycles. The van der Waals surface area contributed by atoms with Gasteiger partial charge in [0.2, 0.25) is 11.8 Å². The van der Waals surface area contributed by atoms with E-state index < -0.39 is 17.9 Å². The molecule has 0 radical (unpaired) electrons. The molecule has 0 aliphatic heterocycles. The van der Waals surface area contributed by atoms with Crippen LogP contribution in [-0.4, -0.2) is 29.5 Å². The molecule has 0 aliphatic carbocycles. The fourth-order valence-corrected chi connectivity index (χ4v) is 1.48. The van der Waals surface area contributed by atoms with Gasteiger partial charge in [-0.05, 0) is 24.1 Å². The van der Waals surface area contributed by atoms with Gasteiger partial charge in [-0.15, -0.1) is 0 Å². The SMILES string of the molecule is NC(=O)C[C@@H](N)C(=O)NCCc1cccc(O)c1. The minimum absolute atomic E-state index is 0.169. The van der Waals surface area contributed by atoms with E-state index in [4.69, 9.17) is 11.5 Å². The number of hydrogen-bond acceptors (Lipinski definition) is 4. The van der Waals surface area contributed by atoms with Crippen LogP contribution >= 0.6 is 0 Å². The molecule has 0 spiro atoms. The molecule has 0 heterocycles. The van der Waals surface area contributed by atoms with Gasteiger partial charge in [0, 0.05) is 6.54 Å². The minimum atomic E-state index is -0.910. The number of phenolic OH excluding ortho intramolecular Hbond substituents is 1. The van der Waals surface area contributed by atoms with Crippen LogP contribution in [0.4, 0.5) is 0 Å². The number of nitrogens with two attached hydrogens (primary N) is 2. The number of carbonyl (C=O) groups excluding carboxylic acids is 2. The Balaban J connectivity index is 2.33. The maximum absolute atomic E-state index is 11.4. The lowest BCUT2D eigenvalue weighted by Crippen LogP contribution is -2.43. The fraction of sp³-hybridized carbons (Fsp3) is 0.333. The average molecular weight is 251 g/mol. The predicted molar refractivity (Wildman–Crippen MR) is 66.6 cm³/mol. The predicted octanol–water partition coefficient (Wildman–Crippen LogP) is -0.746. The van der Waals surface area contributed by atoms with Gasteiger partial charge in [-0.2, -0.15) is 0 Å². The second-order valence-electron chi connectivity index (χ2n) is 3.99. The van der Waals surface area contributed by atoms with Crippen molar-refractivity contribution < 1.29 is 14.7 Å². The molecule has 1 aromatic carbocycles. The fourth-order valence-electron chi connectivity index (χ4n) is 1.48. The van der Waals surface area contributed by atoms with E-state index >= 15 is 0 Å². The third kappa shape index (κ3) is 4.84. The number of nitrogens with one attached hydrogen (secondary N) is 1. The summed E-state index contributed by atoms with van der Waals surface area (Å²) in [7, 11) is 0. The number of aromatic hydroxyl groups is 1. The van der Waals surface area contributed by atoms with E-state index in [1.807, 2.05) is 6.07 Å². The Kier molecular flexibility index (Phi) is 5.13. The summed E-state index contributed by atoms with van der Waals surface area (Å²) in [5, 5.41) is 11.9. The molecule has 0 fully saturated rings. The number of carbonyl (C=O) groups is 2. The summed E-state index contributed by atoms with van der Waals surface area (Å²) in [6.45, 7) is 0.384. The van der Waals surface area contributed by atoms with Gasteiger partial charge in [-0.3, -0.25) is 9.59 Å². The molecule has 2 amide bonds. The molecule has 0 saturated carbocycles. The number of rotatable bonds is 6. The summed E-state index contributed by atoms with van der Waals surface area (Å²) < 4.78 is 0. The van der Waals surface area contributed by atoms with Crippen LogP contribution in [0.3, 0.4) is 0 Å². The van der Waals surface area contributed by atoms with Crippen molar-refractivity contribution in [1.29, 1.82) is 0 Å². The second kappa shape index (κ2) is 6.61. The quantitative estimate of drug-likeness (QED) is 0.532. The molecule has 1 rings (SSSR count). The number of primary amides is 1. The first kappa shape index (κ1) is 14.0. The lowest BCUT2D eigenvalue weighted by molar-refractivity contribution is -0.126. The third-order valence-electron chi connectivity index (χ3n) is 2.38. The Morgan fingerprint density at radius 1 is 1.39 bits per heavy atom. The molecule has 6 heteroatoms. The highest BCUT2D eigenvalue weighted by atomic mass is 16.3. The van der Waals surface area contributed by atoms with E-state index in [2.05, 4.69) is 5.32 Å². The zero-order chi connectivity index (χ0) is 13.5. The van der Waals surface area contributed by atoms with Crippen LogP contribution in [-0.2, 0) is 16.0 Å². The molecule has 6 nitrogen and oxygen atoms in total. The topological polar surface area (TPSA) is 118 Å². The van der Waals surface area contributed by atoms with E-state index in [9.17, 15) is 14.7 Å². The molecular weight excluding hydrogens is 234 g/mol.